The third kappa shape index (κ3) is 11.1. The number of hydrogen-bond acceptors (Lipinski definition) is 1. The zero-order valence-electron chi connectivity index (χ0n) is 61.4. The maximum absolute atomic E-state index is 2.50. The molecule has 524 valence electrons. The van der Waals surface area contributed by atoms with Crippen LogP contribution < -0.4 is 4.90 Å². The van der Waals surface area contributed by atoms with Crippen molar-refractivity contribution in [3.63, 3.8) is 0 Å². The van der Waals surface area contributed by atoms with Crippen LogP contribution in [0.25, 0.3) is 183 Å². The van der Waals surface area contributed by atoms with E-state index in [1.54, 1.807) is 0 Å². The highest BCUT2D eigenvalue weighted by molar-refractivity contribution is 6.22. The average molecular weight is 1430 g/mol. The van der Waals surface area contributed by atoms with Crippen molar-refractivity contribution in [1.29, 1.82) is 0 Å². The van der Waals surface area contributed by atoms with Crippen molar-refractivity contribution < 1.29 is 0 Å². The summed E-state index contributed by atoms with van der Waals surface area (Å²) in [5.41, 5.74) is 31.1. The van der Waals surface area contributed by atoms with Gasteiger partial charge in [-0.2, -0.15) is 0 Å². The van der Waals surface area contributed by atoms with Gasteiger partial charge in [-0.1, -0.05) is 364 Å². The van der Waals surface area contributed by atoms with Crippen molar-refractivity contribution in [3.05, 3.63) is 437 Å². The molecule has 21 aromatic rings. The molecule has 3 aromatic heterocycles. The minimum atomic E-state index is 1.04. The van der Waals surface area contributed by atoms with E-state index in [2.05, 4.69) is 455 Å². The Labute approximate surface area is 650 Å². The van der Waals surface area contributed by atoms with Crippen molar-refractivity contribution in [2.24, 2.45) is 0 Å². The summed E-state index contributed by atoms with van der Waals surface area (Å²) in [5.74, 6) is 0. The fourth-order valence-electron chi connectivity index (χ4n) is 17.8. The molecule has 0 saturated carbocycles. The third-order valence-electron chi connectivity index (χ3n) is 22.6. The second kappa shape index (κ2) is 27.7. The number of fused-ring (bicyclic) bond motifs is 9. The van der Waals surface area contributed by atoms with Crippen molar-refractivity contribution in [1.82, 2.24) is 13.7 Å². The third-order valence-corrected chi connectivity index (χ3v) is 22.6. The summed E-state index contributed by atoms with van der Waals surface area (Å²) in [4.78, 5) is 2.41. The van der Waals surface area contributed by atoms with E-state index >= 15 is 0 Å². The maximum atomic E-state index is 2.50. The Morgan fingerprint density at radius 1 is 0.143 bits per heavy atom. The van der Waals surface area contributed by atoms with E-state index in [1.165, 1.54) is 132 Å². The van der Waals surface area contributed by atoms with Gasteiger partial charge in [-0.15, -0.1) is 0 Å². The molecule has 0 unspecified atom stereocenters. The van der Waals surface area contributed by atoms with E-state index in [9.17, 15) is 0 Å². The van der Waals surface area contributed by atoms with E-state index in [-0.39, 0.29) is 0 Å². The zero-order valence-corrected chi connectivity index (χ0v) is 61.4. The minimum Gasteiger partial charge on any atom is -0.311 e. The SMILES string of the molecule is c1ccc(-c2c(-c3ccccc3)n(-c3ccccc3)c3c2ccc2c(-c4ccc(N(c5ccc(-c6cccc7c6ccc6c(-c8ccccc8)c(-c8ccccc8)n(-c8ccccc8)c67)cc5)c5ccc(-c6cccc7c6ccc6c(-c8ccccc8)c(-c8ccccc8)n(-c8ccccc8)c67)cc5)cc4)cccc23)cc1. The van der Waals surface area contributed by atoms with Crippen LogP contribution in [0.4, 0.5) is 17.1 Å². The molecule has 18 aromatic carbocycles. The van der Waals surface area contributed by atoms with Gasteiger partial charge < -0.3 is 18.6 Å². The van der Waals surface area contributed by atoms with Crippen molar-refractivity contribution >= 4 is 82.1 Å². The average Bonchev–Trinajstić information content (AvgIpc) is 1.57. The molecular formula is C108H72N4. The van der Waals surface area contributed by atoms with Crippen LogP contribution in [0.2, 0.25) is 0 Å². The largest absolute Gasteiger partial charge is 0.311 e. The van der Waals surface area contributed by atoms with Gasteiger partial charge in [0.1, 0.15) is 0 Å². The predicted octanol–water partition coefficient (Wildman–Crippen LogP) is 29.5. The minimum absolute atomic E-state index is 1.04. The number of anilines is 3. The molecule has 0 atom stereocenters. The number of para-hydroxylation sites is 3. The molecule has 0 aliphatic carbocycles. The van der Waals surface area contributed by atoms with Gasteiger partial charge in [-0.3, -0.25) is 0 Å². The molecular weight excluding hydrogens is 1350 g/mol. The number of rotatable bonds is 15. The molecule has 0 amide bonds. The van der Waals surface area contributed by atoms with Crippen molar-refractivity contribution in [2.75, 3.05) is 4.90 Å². The van der Waals surface area contributed by atoms with Crippen LogP contribution in [0.5, 0.6) is 0 Å². The molecule has 4 nitrogen and oxygen atoms in total. The lowest BCUT2D eigenvalue weighted by Gasteiger charge is -2.26. The quantitative estimate of drug-likeness (QED) is 0.100. The summed E-state index contributed by atoms with van der Waals surface area (Å²) in [6.45, 7) is 0. The first-order chi connectivity index (χ1) is 55.6. The summed E-state index contributed by atoms with van der Waals surface area (Å²) in [7, 11) is 0. The fourth-order valence-corrected chi connectivity index (χ4v) is 17.8. The van der Waals surface area contributed by atoms with Crippen LogP contribution in [0, 0.1) is 0 Å². The highest BCUT2D eigenvalue weighted by Crippen LogP contribution is 2.51. The van der Waals surface area contributed by atoms with Crippen molar-refractivity contribution in [3.8, 4) is 118 Å². The maximum Gasteiger partial charge on any atom is 0.0620 e. The molecule has 0 saturated heterocycles. The first kappa shape index (κ1) is 65.5. The van der Waals surface area contributed by atoms with E-state index in [4.69, 9.17) is 0 Å². The van der Waals surface area contributed by atoms with Crippen molar-refractivity contribution in [2.45, 2.75) is 0 Å². The highest BCUT2D eigenvalue weighted by atomic mass is 15.1. The molecule has 0 aliphatic heterocycles. The first-order valence-corrected chi connectivity index (χ1v) is 38.6. The second-order valence-corrected chi connectivity index (χ2v) is 28.9. The lowest BCUT2D eigenvalue weighted by molar-refractivity contribution is 1.14. The van der Waals surface area contributed by atoms with Gasteiger partial charge >= 0.3 is 0 Å². The van der Waals surface area contributed by atoms with Crippen LogP contribution in [0.15, 0.2) is 437 Å². The Morgan fingerprint density at radius 3 is 0.598 bits per heavy atom. The highest BCUT2D eigenvalue weighted by Gasteiger charge is 2.28. The summed E-state index contributed by atoms with van der Waals surface area (Å²) in [6.07, 6.45) is 0. The molecule has 0 aliphatic rings. The van der Waals surface area contributed by atoms with Crippen LogP contribution in [-0.4, -0.2) is 13.7 Å². The van der Waals surface area contributed by atoms with Crippen LogP contribution in [0.3, 0.4) is 0 Å². The Hall–Kier alpha value is -14.8. The van der Waals surface area contributed by atoms with Gasteiger partial charge in [0.05, 0.1) is 33.6 Å². The van der Waals surface area contributed by atoms with Crippen LogP contribution >= 0.6 is 0 Å². The monoisotopic (exact) mass is 1420 g/mol. The standard InChI is InChI=1S/C108H72N4/c1-10-31-76(32-11-1)100-97-70-67-91-88(49-28-52-94(91)106(97)110(82-43-22-7-23-44-82)103(100)79-37-16-4-17-38-79)73-55-61-85(62-56-73)109(86-63-57-74(58-64-86)89-50-29-53-95-92(89)68-71-98-101(77-33-12-2-13-34-77)104(80-39-18-5-19-40-80)111(107(95)98)83-45-24-8-25-46-83)87-65-59-75(60-66-87)90-51-30-54-96-93(90)69-72-99-102(78-35-14-3-15-36-78)105(81-41-20-6-21-42-81)112(108(96)99)84-47-26-9-27-48-84/h1-72H. The summed E-state index contributed by atoms with van der Waals surface area (Å²) in [6, 6.07) is 160. The Bertz CT molecular complexity index is 6380. The van der Waals surface area contributed by atoms with E-state index in [0.29, 0.717) is 0 Å². The normalized spacial score (nSPS) is 11.6. The van der Waals surface area contributed by atoms with E-state index in [1.807, 2.05) is 0 Å². The number of aromatic nitrogens is 3. The molecule has 0 N–H and O–H groups in total. The smallest absolute Gasteiger partial charge is 0.0620 e. The van der Waals surface area contributed by atoms with Gasteiger partial charge in [-0.05, 0) is 156 Å². The number of hydrogen-bond donors (Lipinski definition) is 0. The molecule has 4 heteroatoms. The second-order valence-electron chi connectivity index (χ2n) is 28.9. The molecule has 21 rings (SSSR count). The zero-order chi connectivity index (χ0) is 74.0. The molecule has 112 heavy (non-hydrogen) atoms. The van der Waals surface area contributed by atoms with Gasteiger partial charge in [0.25, 0.3) is 0 Å². The Kier molecular flexibility index (Phi) is 16.2. The molecule has 0 spiro atoms. The predicted molar refractivity (Wildman–Crippen MR) is 473 cm³/mol. The molecule has 0 fully saturated rings. The summed E-state index contributed by atoms with van der Waals surface area (Å²) >= 11 is 0. The van der Waals surface area contributed by atoms with Gasteiger partial charge in [-0.25, -0.2) is 0 Å². The first-order valence-electron chi connectivity index (χ1n) is 38.6. The number of benzene rings is 18. The number of nitrogens with zero attached hydrogens (tertiary/aromatic N) is 4. The topological polar surface area (TPSA) is 18.0 Å². The van der Waals surface area contributed by atoms with E-state index < -0.39 is 0 Å². The van der Waals surface area contributed by atoms with Crippen LogP contribution in [0.1, 0.15) is 0 Å². The van der Waals surface area contributed by atoms with E-state index in [0.717, 1.165) is 67.5 Å². The molecule has 3 heterocycles. The van der Waals surface area contributed by atoms with Gasteiger partial charge in [0.2, 0.25) is 0 Å². The molecule has 0 radical (unpaired) electrons. The Morgan fingerprint density at radius 2 is 0.357 bits per heavy atom. The van der Waals surface area contributed by atoms with Gasteiger partial charge in [0.15, 0.2) is 0 Å². The lowest BCUT2D eigenvalue weighted by Crippen LogP contribution is -2.09. The summed E-state index contributed by atoms with van der Waals surface area (Å²) < 4.78 is 7.49. The summed E-state index contributed by atoms with van der Waals surface area (Å²) in [5, 5.41) is 10.7. The Balaban J connectivity index is 0.718. The fraction of sp³-hybridized carbons (Fsp3) is 0. The van der Waals surface area contributed by atoms with Gasteiger partial charge in [0, 0.05) is 83.1 Å². The molecule has 0 bridgehead atoms. The van der Waals surface area contributed by atoms with Crippen LogP contribution in [-0.2, 0) is 0 Å². The lowest BCUT2D eigenvalue weighted by atomic mass is 9.94.